The quantitative estimate of drug-likeness (QED) is 0.579. The van der Waals surface area contributed by atoms with Crippen molar-refractivity contribution in [1.82, 2.24) is 9.38 Å². The molecular formula is C19H14FN3O2S. The number of fused-ring (bicyclic) bond motifs is 1. The third kappa shape index (κ3) is 3.04. The average Bonchev–Trinajstić information content (AvgIpc) is 3.24. The standard InChI is InChI=1S/C19H14FN3O2S/c1-25-15-4-2-3-12(9-15)16-10-23-17(11-26-19(23)22-16)18(24)21-14-7-5-13(20)6-8-14/h2-11H,1H3,(H,21,24). The lowest BCUT2D eigenvalue weighted by Gasteiger charge is -2.04. The lowest BCUT2D eigenvalue weighted by atomic mass is 10.1. The first-order chi connectivity index (χ1) is 12.6. The molecule has 2 aromatic carbocycles. The molecule has 0 spiro atoms. The smallest absolute Gasteiger partial charge is 0.273 e. The summed E-state index contributed by atoms with van der Waals surface area (Å²) in [5, 5.41) is 4.51. The number of benzene rings is 2. The Balaban J connectivity index is 1.65. The van der Waals surface area contributed by atoms with Crippen molar-refractivity contribution < 1.29 is 13.9 Å². The molecule has 0 aliphatic carbocycles. The van der Waals surface area contributed by atoms with Gasteiger partial charge in [0.25, 0.3) is 5.91 Å². The molecule has 2 heterocycles. The van der Waals surface area contributed by atoms with E-state index in [-0.39, 0.29) is 11.7 Å². The summed E-state index contributed by atoms with van der Waals surface area (Å²) >= 11 is 1.38. The van der Waals surface area contributed by atoms with Gasteiger partial charge in [-0.25, -0.2) is 9.37 Å². The van der Waals surface area contributed by atoms with E-state index in [2.05, 4.69) is 10.3 Å². The Hall–Kier alpha value is -3.19. The average molecular weight is 367 g/mol. The predicted octanol–water partition coefficient (Wildman–Crippen LogP) is 4.46. The number of imidazole rings is 1. The molecular weight excluding hydrogens is 353 g/mol. The van der Waals surface area contributed by atoms with Gasteiger partial charge in [0.1, 0.15) is 17.3 Å². The number of amides is 1. The monoisotopic (exact) mass is 367 g/mol. The number of rotatable bonds is 4. The molecule has 0 bridgehead atoms. The van der Waals surface area contributed by atoms with E-state index < -0.39 is 0 Å². The van der Waals surface area contributed by atoms with Gasteiger partial charge < -0.3 is 10.1 Å². The predicted molar refractivity (Wildman–Crippen MR) is 99.4 cm³/mol. The zero-order valence-corrected chi connectivity index (χ0v) is 14.6. The Bertz CT molecular complexity index is 1090. The lowest BCUT2D eigenvalue weighted by Crippen LogP contribution is -2.13. The number of aromatic nitrogens is 2. The van der Waals surface area contributed by atoms with Crippen molar-refractivity contribution in [2.45, 2.75) is 0 Å². The lowest BCUT2D eigenvalue weighted by molar-refractivity contribution is 0.102. The van der Waals surface area contributed by atoms with E-state index in [1.165, 1.54) is 35.6 Å². The number of nitrogens with one attached hydrogen (secondary N) is 1. The molecule has 5 nitrogen and oxygen atoms in total. The maximum atomic E-state index is 13.0. The second-order valence-electron chi connectivity index (χ2n) is 5.59. The van der Waals surface area contributed by atoms with E-state index in [9.17, 15) is 9.18 Å². The third-order valence-electron chi connectivity index (χ3n) is 3.91. The second kappa shape index (κ2) is 6.61. The topological polar surface area (TPSA) is 55.6 Å². The molecule has 1 N–H and O–H groups in total. The highest BCUT2D eigenvalue weighted by atomic mass is 32.1. The molecule has 0 radical (unpaired) electrons. The van der Waals surface area contributed by atoms with Crippen molar-refractivity contribution in [2.75, 3.05) is 12.4 Å². The molecule has 0 saturated heterocycles. The van der Waals surface area contributed by atoms with Crippen LogP contribution in [0.25, 0.3) is 16.2 Å². The van der Waals surface area contributed by atoms with Crippen molar-refractivity contribution in [3.8, 4) is 17.0 Å². The molecule has 0 atom stereocenters. The molecule has 2 aromatic heterocycles. The van der Waals surface area contributed by atoms with Gasteiger partial charge in [0.15, 0.2) is 4.96 Å². The van der Waals surface area contributed by atoms with Crippen LogP contribution in [0, 0.1) is 5.82 Å². The summed E-state index contributed by atoms with van der Waals surface area (Å²) in [6.45, 7) is 0. The number of ether oxygens (including phenoxy) is 1. The van der Waals surface area contributed by atoms with E-state index in [1.807, 2.05) is 30.5 Å². The summed E-state index contributed by atoms with van der Waals surface area (Å²) in [7, 11) is 1.61. The fourth-order valence-electron chi connectivity index (χ4n) is 2.60. The van der Waals surface area contributed by atoms with Crippen molar-refractivity contribution >= 4 is 27.9 Å². The van der Waals surface area contributed by atoms with E-state index in [1.54, 1.807) is 16.9 Å². The first-order valence-electron chi connectivity index (χ1n) is 7.82. The van der Waals surface area contributed by atoms with Gasteiger partial charge in [0.05, 0.1) is 12.8 Å². The first-order valence-corrected chi connectivity index (χ1v) is 8.70. The van der Waals surface area contributed by atoms with Crippen LogP contribution in [-0.4, -0.2) is 22.4 Å². The minimum atomic E-state index is -0.349. The van der Waals surface area contributed by atoms with Crippen LogP contribution < -0.4 is 10.1 Å². The van der Waals surface area contributed by atoms with Gasteiger partial charge in [-0.05, 0) is 36.4 Å². The van der Waals surface area contributed by atoms with E-state index in [0.29, 0.717) is 16.3 Å². The van der Waals surface area contributed by atoms with E-state index in [4.69, 9.17) is 4.74 Å². The van der Waals surface area contributed by atoms with Crippen LogP contribution in [0.15, 0.2) is 60.1 Å². The van der Waals surface area contributed by atoms with Crippen LogP contribution in [0.3, 0.4) is 0 Å². The van der Waals surface area contributed by atoms with Crippen LogP contribution in [0.1, 0.15) is 10.5 Å². The van der Waals surface area contributed by atoms with Gasteiger partial charge in [-0.1, -0.05) is 12.1 Å². The summed E-state index contributed by atoms with van der Waals surface area (Å²) in [5.41, 5.74) is 2.66. The molecule has 1 amide bonds. The summed E-state index contributed by atoms with van der Waals surface area (Å²) in [5.74, 6) is 0.115. The third-order valence-corrected chi connectivity index (χ3v) is 4.75. The minimum Gasteiger partial charge on any atom is -0.497 e. The van der Waals surface area contributed by atoms with Crippen molar-refractivity contribution in [2.24, 2.45) is 0 Å². The Kier molecular flexibility index (Phi) is 4.14. The zero-order chi connectivity index (χ0) is 18.1. The van der Waals surface area contributed by atoms with Crippen LogP contribution in [0.5, 0.6) is 5.75 Å². The van der Waals surface area contributed by atoms with Crippen LogP contribution in [0.4, 0.5) is 10.1 Å². The number of thiazole rings is 1. The van der Waals surface area contributed by atoms with Gasteiger partial charge in [-0.15, -0.1) is 11.3 Å². The number of hydrogen-bond acceptors (Lipinski definition) is 4. The van der Waals surface area contributed by atoms with Gasteiger partial charge in [0.2, 0.25) is 0 Å². The minimum absolute atomic E-state index is 0.280. The molecule has 4 aromatic rings. The number of hydrogen-bond donors (Lipinski definition) is 1. The number of carbonyl (C=O) groups is 1. The highest BCUT2D eigenvalue weighted by Crippen LogP contribution is 2.26. The summed E-state index contributed by atoms with van der Waals surface area (Å²) < 4.78 is 20.0. The largest absolute Gasteiger partial charge is 0.497 e. The van der Waals surface area contributed by atoms with Crippen molar-refractivity contribution in [3.63, 3.8) is 0 Å². The number of nitrogens with zero attached hydrogens (tertiary/aromatic N) is 2. The molecule has 26 heavy (non-hydrogen) atoms. The SMILES string of the molecule is COc1cccc(-c2cn3c(C(=O)Nc4ccc(F)cc4)csc3n2)c1. The van der Waals surface area contributed by atoms with E-state index in [0.717, 1.165) is 17.0 Å². The normalized spacial score (nSPS) is 10.8. The molecule has 0 saturated carbocycles. The van der Waals surface area contributed by atoms with Crippen molar-refractivity contribution in [1.29, 1.82) is 0 Å². The number of carbonyl (C=O) groups excluding carboxylic acids is 1. The Labute approximate surface area is 152 Å². The molecule has 130 valence electrons. The molecule has 7 heteroatoms. The maximum absolute atomic E-state index is 13.0. The first kappa shape index (κ1) is 16.3. The highest BCUT2D eigenvalue weighted by molar-refractivity contribution is 7.15. The number of halogens is 1. The molecule has 4 rings (SSSR count). The second-order valence-corrected chi connectivity index (χ2v) is 6.43. The van der Waals surface area contributed by atoms with Crippen LogP contribution >= 0.6 is 11.3 Å². The van der Waals surface area contributed by atoms with Gasteiger partial charge in [0, 0.05) is 22.8 Å². The highest BCUT2D eigenvalue weighted by Gasteiger charge is 2.15. The van der Waals surface area contributed by atoms with E-state index >= 15 is 0 Å². The number of methoxy groups -OCH3 is 1. The molecule has 0 aliphatic heterocycles. The van der Waals surface area contributed by atoms with Crippen LogP contribution in [0.2, 0.25) is 0 Å². The summed E-state index contributed by atoms with van der Waals surface area (Å²) in [6.07, 6.45) is 1.82. The molecule has 0 aliphatic rings. The zero-order valence-electron chi connectivity index (χ0n) is 13.8. The van der Waals surface area contributed by atoms with Gasteiger partial charge in [-0.2, -0.15) is 0 Å². The summed E-state index contributed by atoms with van der Waals surface area (Å²) in [4.78, 5) is 17.8. The number of anilines is 1. The summed E-state index contributed by atoms with van der Waals surface area (Å²) in [6, 6.07) is 13.2. The molecule has 0 unspecified atom stereocenters. The Morgan fingerprint density at radius 1 is 1.23 bits per heavy atom. The molecule has 0 fully saturated rings. The Morgan fingerprint density at radius 3 is 2.81 bits per heavy atom. The fraction of sp³-hybridized carbons (Fsp3) is 0.0526. The van der Waals surface area contributed by atoms with Crippen LogP contribution in [-0.2, 0) is 0 Å². The fourth-order valence-corrected chi connectivity index (χ4v) is 3.45. The van der Waals surface area contributed by atoms with Gasteiger partial charge in [-0.3, -0.25) is 9.20 Å². The van der Waals surface area contributed by atoms with Crippen molar-refractivity contribution in [3.05, 3.63) is 71.6 Å². The maximum Gasteiger partial charge on any atom is 0.273 e. The van der Waals surface area contributed by atoms with Gasteiger partial charge >= 0.3 is 0 Å². The Morgan fingerprint density at radius 2 is 2.04 bits per heavy atom.